The highest BCUT2D eigenvalue weighted by Gasteiger charge is 2.33. The summed E-state index contributed by atoms with van der Waals surface area (Å²) >= 11 is 0. The van der Waals surface area contributed by atoms with Gasteiger partial charge in [0.25, 0.3) is 5.91 Å². The number of fused-ring (bicyclic) bond motifs is 1. The van der Waals surface area contributed by atoms with E-state index >= 15 is 0 Å². The second kappa shape index (κ2) is 6.35. The van der Waals surface area contributed by atoms with Gasteiger partial charge in [0.1, 0.15) is 17.1 Å². The van der Waals surface area contributed by atoms with Gasteiger partial charge in [-0.25, -0.2) is 0 Å². The van der Waals surface area contributed by atoms with Crippen LogP contribution in [0.25, 0.3) is 0 Å². The zero-order valence-corrected chi connectivity index (χ0v) is 13.2. The minimum absolute atomic E-state index is 0.00924. The molecule has 0 aliphatic carbocycles. The number of amides is 1. The third-order valence-corrected chi connectivity index (χ3v) is 3.54. The van der Waals surface area contributed by atoms with Crippen molar-refractivity contribution in [3.05, 3.63) is 23.8 Å². The smallest absolute Gasteiger partial charge is 0.257 e. The fraction of sp³-hybridized carbons (Fsp3) is 0.562. The molecule has 2 rings (SSSR count). The first kappa shape index (κ1) is 15.6. The molecule has 0 fully saturated rings. The molecule has 1 aromatic rings. The molecular weight excluding hydrogens is 268 g/mol. The first-order valence-electron chi connectivity index (χ1n) is 7.35. The Labute approximate surface area is 126 Å². The fourth-order valence-corrected chi connectivity index (χ4v) is 2.57. The Morgan fingerprint density at radius 2 is 2.24 bits per heavy atom. The molecule has 0 saturated carbocycles. The number of carbonyl (C=O) groups is 1. The van der Waals surface area contributed by atoms with Crippen LogP contribution in [0.1, 0.15) is 38.8 Å². The van der Waals surface area contributed by atoms with E-state index in [0.29, 0.717) is 5.75 Å². The summed E-state index contributed by atoms with van der Waals surface area (Å²) in [5.41, 5.74) is 0.919. The summed E-state index contributed by atoms with van der Waals surface area (Å²) in [6.45, 7) is 7.18. The van der Waals surface area contributed by atoms with Gasteiger partial charge in [0.2, 0.25) is 0 Å². The van der Waals surface area contributed by atoms with Gasteiger partial charge in [0, 0.05) is 31.1 Å². The Morgan fingerprint density at radius 1 is 1.48 bits per heavy atom. The van der Waals surface area contributed by atoms with Crippen LogP contribution < -0.4 is 20.1 Å². The largest absolute Gasteiger partial charge is 0.487 e. The lowest BCUT2D eigenvalue weighted by Crippen LogP contribution is -2.39. The summed E-state index contributed by atoms with van der Waals surface area (Å²) < 4.78 is 11.5. The average molecular weight is 292 g/mol. The van der Waals surface area contributed by atoms with Crippen molar-refractivity contribution >= 4 is 5.91 Å². The summed E-state index contributed by atoms with van der Waals surface area (Å²) in [6, 6.07) is 6.04. The van der Waals surface area contributed by atoms with Crippen molar-refractivity contribution in [3.63, 3.8) is 0 Å². The molecule has 2 N–H and O–H groups in total. The van der Waals surface area contributed by atoms with Crippen molar-refractivity contribution in [2.24, 2.45) is 0 Å². The predicted molar refractivity (Wildman–Crippen MR) is 81.7 cm³/mol. The van der Waals surface area contributed by atoms with Gasteiger partial charge in [-0.05, 0) is 26.5 Å². The second-order valence-corrected chi connectivity index (χ2v) is 5.84. The van der Waals surface area contributed by atoms with Crippen LogP contribution in [0.3, 0.4) is 0 Å². The van der Waals surface area contributed by atoms with Gasteiger partial charge in [-0.3, -0.25) is 4.79 Å². The predicted octanol–water partition coefficient (Wildman–Crippen LogP) is 2.02. The van der Waals surface area contributed by atoms with Crippen LogP contribution in [0.15, 0.2) is 18.2 Å². The maximum atomic E-state index is 11.2. The van der Waals surface area contributed by atoms with E-state index in [2.05, 4.69) is 31.4 Å². The Kier molecular flexibility index (Phi) is 4.73. The van der Waals surface area contributed by atoms with E-state index in [1.54, 1.807) is 7.05 Å². The highest BCUT2D eigenvalue weighted by Crippen LogP contribution is 2.41. The molecule has 1 amide bonds. The molecule has 116 valence electrons. The van der Waals surface area contributed by atoms with E-state index in [4.69, 9.17) is 9.47 Å². The summed E-state index contributed by atoms with van der Waals surface area (Å²) in [6.07, 6.45) is 0.923. The fourth-order valence-electron chi connectivity index (χ4n) is 2.57. The third-order valence-electron chi connectivity index (χ3n) is 3.54. The molecule has 1 atom stereocenters. The first-order chi connectivity index (χ1) is 9.95. The van der Waals surface area contributed by atoms with Crippen LogP contribution in [0, 0.1) is 0 Å². The number of carbonyl (C=O) groups excluding carboxylic acids is 1. The lowest BCUT2D eigenvalue weighted by Gasteiger charge is -2.38. The maximum absolute atomic E-state index is 11.2. The highest BCUT2D eigenvalue weighted by atomic mass is 16.5. The molecule has 1 unspecified atom stereocenters. The summed E-state index contributed by atoms with van der Waals surface area (Å²) in [5, 5.41) is 6.02. The minimum Gasteiger partial charge on any atom is -0.487 e. The molecule has 21 heavy (non-hydrogen) atoms. The van der Waals surface area contributed by atoms with Crippen molar-refractivity contribution < 1.29 is 14.3 Å². The summed E-state index contributed by atoms with van der Waals surface area (Å²) in [5.74, 6) is 1.32. The Morgan fingerprint density at radius 3 is 2.90 bits per heavy atom. The summed E-state index contributed by atoms with van der Waals surface area (Å²) in [7, 11) is 1.59. The second-order valence-electron chi connectivity index (χ2n) is 5.84. The Bertz CT molecular complexity index is 514. The van der Waals surface area contributed by atoms with Gasteiger partial charge in [-0.1, -0.05) is 13.0 Å². The maximum Gasteiger partial charge on any atom is 0.257 e. The zero-order chi connectivity index (χ0) is 15.5. The quantitative estimate of drug-likeness (QED) is 0.872. The zero-order valence-electron chi connectivity index (χ0n) is 13.2. The van der Waals surface area contributed by atoms with E-state index < -0.39 is 0 Å². The van der Waals surface area contributed by atoms with Crippen LogP contribution in [-0.4, -0.2) is 31.7 Å². The van der Waals surface area contributed by atoms with Gasteiger partial charge in [0.05, 0.1) is 0 Å². The van der Waals surface area contributed by atoms with E-state index in [0.717, 1.165) is 24.3 Å². The average Bonchev–Trinajstić information content (AvgIpc) is 2.43. The van der Waals surface area contributed by atoms with E-state index in [1.807, 2.05) is 18.2 Å². The van der Waals surface area contributed by atoms with Crippen molar-refractivity contribution in [2.75, 3.05) is 20.2 Å². The molecule has 1 heterocycles. The highest BCUT2D eigenvalue weighted by molar-refractivity contribution is 5.77. The number of benzene rings is 1. The minimum atomic E-state index is -0.223. The summed E-state index contributed by atoms with van der Waals surface area (Å²) in [4.78, 5) is 11.2. The molecular formula is C16H24N2O3. The normalized spacial score (nSPS) is 19.3. The van der Waals surface area contributed by atoms with Crippen LogP contribution in [0.2, 0.25) is 0 Å². The topological polar surface area (TPSA) is 59.6 Å². The Hall–Kier alpha value is -1.75. The van der Waals surface area contributed by atoms with Gasteiger partial charge < -0.3 is 20.1 Å². The van der Waals surface area contributed by atoms with E-state index in [1.165, 1.54) is 0 Å². The van der Waals surface area contributed by atoms with E-state index in [-0.39, 0.29) is 24.2 Å². The SMILES string of the molecule is CCNC1CC(C)(C)Oc2cc(OCC(=O)NC)ccc21. The molecule has 0 bridgehead atoms. The number of hydrogen-bond donors (Lipinski definition) is 2. The van der Waals surface area contributed by atoms with Crippen LogP contribution >= 0.6 is 0 Å². The standard InChI is InChI=1S/C16H24N2O3/c1-5-18-13-9-16(2,3)21-14-8-11(6-7-12(13)14)20-10-15(19)17-4/h6-8,13,18H,5,9-10H2,1-4H3,(H,17,19). The number of likely N-dealkylation sites (N-methyl/N-ethyl adjacent to an activating group) is 1. The molecule has 1 aliphatic rings. The van der Waals surface area contributed by atoms with Gasteiger partial charge in [-0.2, -0.15) is 0 Å². The number of nitrogens with one attached hydrogen (secondary N) is 2. The number of hydrogen-bond acceptors (Lipinski definition) is 4. The van der Waals surface area contributed by atoms with E-state index in [9.17, 15) is 4.79 Å². The molecule has 1 aliphatic heterocycles. The van der Waals surface area contributed by atoms with Crippen molar-refractivity contribution in [3.8, 4) is 11.5 Å². The van der Waals surface area contributed by atoms with Crippen molar-refractivity contribution in [1.29, 1.82) is 0 Å². The number of ether oxygens (including phenoxy) is 2. The lowest BCUT2D eigenvalue weighted by molar-refractivity contribution is -0.122. The lowest BCUT2D eigenvalue weighted by atomic mass is 9.89. The van der Waals surface area contributed by atoms with Gasteiger partial charge in [0.15, 0.2) is 6.61 Å². The third kappa shape index (κ3) is 3.88. The van der Waals surface area contributed by atoms with Crippen molar-refractivity contribution in [1.82, 2.24) is 10.6 Å². The van der Waals surface area contributed by atoms with Crippen LogP contribution in [0.4, 0.5) is 0 Å². The monoisotopic (exact) mass is 292 g/mol. The molecule has 1 aromatic carbocycles. The molecule has 0 aromatic heterocycles. The molecule has 0 saturated heterocycles. The van der Waals surface area contributed by atoms with Crippen LogP contribution in [0.5, 0.6) is 11.5 Å². The molecule has 0 radical (unpaired) electrons. The van der Waals surface area contributed by atoms with Crippen LogP contribution in [-0.2, 0) is 4.79 Å². The van der Waals surface area contributed by atoms with Crippen molar-refractivity contribution in [2.45, 2.75) is 38.8 Å². The molecule has 5 nitrogen and oxygen atoms in total. The Balaban J connectivity index is 2.19. The first-order valence-corrected chi connectivity index (χ1v) is 7.35. The molecule has 0 spiro atoms. The number of rotatable bonds is 5. The van der Waals surface area contributed by atoms with Gasteiger partial charge in [-0.15, -0.1) is 0 Å². The molecule has 5 heteroatoms. The van der Waals surface area contributed by atoms with Gasteiger partial charge >= 0.3 is 0 Å².